The van der Waals surface area contributed by atoms with Crippen LogP contribution in [0.3, 0.4) is 0 Å². The van der Waals surface area contributed by atoms with Gasteiger partial charge in [0.25, 0.3) is 0 Å². The normalized spacial score (nSPS) is 26.1. The summed E-state index contributed by atoms with van der Waals surface area (Å²) < 4.78 is 0. The molecule has 1 fully saturated rings. The third-order valence-electron chi connectivity index (χ3n) is 4.13. The Balaban J connectivity index is 2.44. The summed E-state index contributed by atoms with van der Waals surface area (Å²) in [4.78, 5) is 0. The third kappa shape index (κ3) is 6.04. The molecule has 1 saturated carbocycles. The van der Waals surface area contributed by atoms with Crippen molar-refractivity contribution >= 4 is 0 Å². The van der Waals surface area contributed by atoms with E-state index in [0.717, 1.165) is 30.8 Å². The van der Waals surface area contributed by atoms with Crippen LogP contribution in [-0.4, -0.2) is 13.1 Å². The van der Waals surface area contributed by atoms with Gasteiger partial charge in [0, 0.05) is 6.54 Å². The van der Waals surface area contributed by atoms with E-state index >= 15 is 0 Å². The maximum absolute atomic E-state index is 3.60. The maximum atomic E-state index is 3.60. The first-order valence-electron chi connectivity index (χ1n) is 7.90. The number of hydrogen-bond acceptors (Lipinski definition) is 1. The minimum Gasteiger partial charge on any atom is -0.313 e. The molecule has 1 aliphatic rings. The molecule has 0 saturated heterocycles. The van der Waals surface area contributed by atoms with E-state index in [4.69, 9.17) is 0 Å². The van der Waals surface area contributed by atoms with Crippen LogP contribution in [0.15, 0.2) is 11.6 Å². The molecule has 1 aliphatic carbocycles. The third-order valence-corrected chi connectivity index (χ3v) is 4.13. The van der Waals surface area contributed by atoms with Crippen molar-refractivity contribution in [3.8, 4) is 0 Å². The summed E-state index contributed by atoms with van der Waals surface area (Å²) >= 11 is 0. The second kappa shape index (κ2) is 7.99. The molecule has 18 heavy (non-hydrogen) atoms. The van der Waals surface area contributed by atoms with Gasteiger partial charge in [-0.15, -0.1) is 0 Å². The van der Waals surface area contributed by atoms with Gasteiger partial charge < -0.3 is 5.32 Å². The lowest BCUT2D eigenvalue weighted by atomic mass is 9.81. The largest absolute Gasteiger partial charge is 0.313 e. The van der Waals surface area contributed by atoms with Crippen molar-refractivity contribution in [2.45, 2.75) is 60.3 Å². The molecule has 1 heteroatoms. The first kappa shape index (κ1) is 15.8. The predicted molar refractivity (Wildman–Crippen MR) is 81.8 cm³/mol. The monoisotopic (exact) mass is 251 g/mol. The van der Waals surface area contributed by atoms with Crippen LogP contribution in [-0.2, 0) is 0 Å². The van der Waals surface area contributed by atoms with Crippen LogP contribution in [0, 0.1) is 23.7 Å². The average molecular weight is 251 g/mol. The number of rotatable bonds is 6. The van der Waals surface area contributed by atoms with E-state index in [1.165, 1.54) is 25.7 Å². The Kier molecular flexibility index (Phi) is 6.99. The highest BCUT2D eigenvalue weighted by Gasteiger charge is 2.17. The van der Waals surface area contributed by atoms with Crippen molar-refractivity contribution in [1.29, 1.82) is 0 Å². The molecule has 0 aromatic heterocycles. The Hall–Kier alpha value is -0.300. The Bertz CT molecular complexity index is 244. The van der Waals surface area contributed by atoms with Crippen LogP contribution in [0.1, 0.15) is 60.3 Å². The minimum atomic E-state index is 0.684. The van der Waals surface area contributed by atoms with Gasteiger partial charge in [-0.3, -0.25) is 0 Å². The van der Waals surface area contributed by atoms with E-state index in [1.54, 1.807) is 5.57 Å². The Morgan fingerprint density at radius 1 is 1.11 bits per heavy atom. The topological polar surface area (TPSA) is 12.0 Å². The van der Waals surface area contributed by atoms with Crippen molar-refractivity contribution in [1.82, 2.24) is 5.32 Å². The predicted octanol–water partition coefficient (Wildman–Crippen LogP) is 4.64. The SMILES string of the molecule is CC(C)CNCC(=CC1CCC(C)CC1)C(C)C. The van der Waals surface area contributed by atoms with E-state index in [9.17, 15) is 0 Å². The molecular weight excluding hydrogens is 218 g/mol. The molecule has 0 spiro atoms. The van der Waals surface area contributed by atoms with Crippen LogP contribution in [0.25, 0.3) is 0 Å². The van der Waals surface area contributed by atoms with Gasteiger partial charge in [-0.2, -0.15) is 0 Å². The first-order chi connectivity index (χ1) is 8.49. The van der Waals surface area contributed by atoms with Crippen LogP contribution in [0.4, 0.5) is 0 Å². The molecule has 106 valence electrons. The lowest BCUT2D eigenvalue weighted by Crippen LogP contribution is -2.24. The van der Waals surface area contributed by atoms with Gasteiger partial charge in [-0.25, -0.2) is 0 Å². The summed E-state index contributed by atoms with van der Waals surface area (Å²) in [5.74, 6) is 3.23. The minimum absolute atomic E-state index is 0.684. The number of nitrogens with one attached hydrogen (secondary N) is 1. The van der Waals surface area contributed by atoms with Gasteiger partial charge in [0.1, 0.15) is 0 Å². The molecule has 0 aromatic rings. The van der Waals surface area contributed by atoms with Gasteiger partial charge in [-0.05, 0) is 43.1 Å². The van der Waals surface area contributed by atoms with Crippen molar-refractivity contribution in [2.75, 3.05) is 13.1 Å². The quantitative estimate of drug-likeness (QED) is 0.678. The smallest absolute Gasteiger partial charge is 0.0167 e. The summed E-state index contributed by atoms with van der Waals surface area (Å²) in [7, 11) is 0. The summed E-state index contributed by atoms with van der Waals surface area (Å²) in [6.45, 7) is 13.8. The zero-order valence-corrected chi connectivity index (χ0v) is 13.1. The van der Waals surface area contributed by atoms with Crippen LogP contribution < -0.4 is 5.32 Å². The highest BCUT2D eigenvalue weighted by Crippen LogP contribution is 2.30. The zero-order chi connectivity index (χ0) is 13.5. The number of allylic oxidation sites excluding steroid dienone is 1. The summed E-state index contributed by atoms with van der Waals surface area (Å²) in [6.07, 6.45) is 8.24. The van der Waals surface area contributed by atoms with E-state index in [0.29, 0.717) is 5.92 Å². The standard InChI is InChI=1S/C17H33N/c1-13(2)11-18-12-17(14(3)4)10-16-8-6-15(5)7-9-16/h10,13-16,18H,6-9,11-12H2,1-5H3. The van der Waals surface area contributed by atoms with E-state index < -0.39 is 0 Å². The molecule has 1 N–H and O–H groups in total. The van der Waals surface area contributed by atoms with Crippen LogP contribution >= 0.6 is 0 Å². The highest BCUT2D eigenvalue weighted by atomic mass is 14.9. The Labute approximate surface area is 114 Å². The van der Waals surface area contributed by atoms with E-state index in [1.807, 2.05) is 0 Å². The zero-order valence-electron chi connectivity index (χ0n) is 13.1. The first-order valence-corrected chi connectivity index (χ1v) is 7.90. The molecule has 0 aliphatic heterocycles. The second-order valence-corrected chi connectivity index (χ2v) is 6.94. The van der Waals surface area contributed by atoms with Crippen molar-refractivity contribution in [3.05, 3.63) is 11.6 Å². The highest BCUT2D eigenvalue weighted by molar-refractivity contribution is 5.09. The van der Waals surface area contributed by atoms with Crippen molar-refractivity contribution < 1.29 is 0 Å². The summed E-state index contributed by atoms with van der Waals surface area (Å²) in [5, 5.41) is 3.60. The lowest BCUT2D eigenvalue weighted by Gasteiger charge is -2.25. The molecule has 0 bridgehead atoms. The molecule has 0 unspecified atom stereocenters. The Morgan fingerprint density at radius 2 is 1.72 bits per heavy atom. The molecule has 0 atom stereocenters. The molecular formula is C17H33N. The fourth-order valence-corrected chi connectivity index (χ4v) is 2.72. The van der Waals surface area contributed by atoms with Crippen molar-refractivity contribution in [2.24, 2.45) is 23.7 Å². The van der Waals surface area contributed by atoms with Gasteiger partial charge in [0.15, 0.2) is 0 Å². The molecule has 0 radical (unpaired) electrons. The van der Waals surface area contributed by atoms with Gasteiger partial charge in [-0.1, -0.05) is 59.1 Å². The van der Waals surface area contributed by atoms with E-state index in [2.05, 4.69) is 46.0 Å². The molecule has 0 aromatic carbocycles. The second-order valence-electron chi connectivity index (χ2n) is 6.94. The fourth-order valence-electron chi connectivity index (χ4n) is 2.72. The fraction of sp³-hybridized carbons (Fsp3) is 0.882. The molecule has 1 rings (SSSR count). The van der Waals surface area contributed by atoms with Gasteiger partial charge in [0.2, 0.25) is 0 Å². The van der Waals surface area contributed by atoms with E-state index in [-0.39, 0.29) is 0 Å². The molecule has 0 heterocycles. The van der Waals surface area contributed by atoms with Gasteiger partial charge >= 0.3 is 0 Å². The van der Waals surface area contributed by atoms with Crippen molar-refractivity contribution in [3.63, 3.8) is 0 Å². The lowest BCUT2D eigenvalue weighted by molar-refractivity contribution is 0.328. The van der Waals surface area contributed by atoms with Crippen LogP contribution in [0.5, 0.6) is 0 Å². The summed E-state index contributed by atoms with van der Waals surface area (Å²) in [6, 6.07) is 0. The average Bonchev–Trinajstić information content (AvgIpc) is 2.30. The van der Waals surface area contributed by atoms with Crippen LogP contribution in [0.2, 0.25) is 0 Å². The summed E-state index contributed by atoms with van der Waals surface area (Å²) in [5.41, 5.74) is 1.62. The molecule has 0 amide bonds. The maximum Gasteiger partial charge on any atom is 0.0167 e. The molecule has 1 nitrogen and oxygen atoms in total. The van der Waals surface area contributed by atoms with Gasteiger partial charge in [0.05, 0.1) is 0 Å². The number of hydrogen-bond donors (Lipinski definition) is 1. The Morgan fingerprint density at radius 3 is 2.22 bits per heavy atom.